The van der Waals surface area contributed by atoms with E-state index in [1.807, 2.05) is 74.5 Å². The molecule has 0 spiro atoms. The van der Waals surface area contributed by atoms with E-state index in [0.29, 0.717) is 28.4 Å². The fourth-order valence-corrected chi connectivity index (χ4v) is 2.41. The largest absolute Gasteiger partial charge is 0.462 e. The Kier molecular flexibility index (Phi) is 22.8. The first-order valence-electron chi connectivity index (χ1n) is 12.3. The van der Waals surface area contributed by atoms with E-state index in [2.05, 4.69) is 23.1 Å². The maximum atomic E-state index is 12.7. The quantitative estimate of drug-likeness (QED) is 0.326. The third-order valence-electron chi connectivity index (χ3n) is 3.74. The molecule has 0 radical (unpaired) electrons. The van der Waals surface area contributed by atoms with E-state index in [1.165, 1.54) is 15.5 Å². The van der Waals surface area contributed by atoms with E-state index in [-0.39, 0.29) is 11.5 Å². The molecule has 0 aromatic carbocycles. The molecule has 2 N–H and O–H groups in total. The van der Waals surface area contributed by atoms with Crippen LogP contribution in [0.4, 0.5) is 5.82 Å². The Hall–Kier alpha value is -3.61. The number of allylic oxidation sites excluding steroid dienone is 9. The first kappa shape index (κ1) is 36.0. The second kappa shape index (κ2) is 22.2. The fourth-order valence-electron chi connectivity index (χ4n) is 2.41. The molecule has 7 heteroatoms. The maximum Gasteiger partial charge on any atom is 0.334 e. The standard InChI is InChI=1S/C20H23N5O2.4C2H6/c1-6-9-10-16(8-3)27-14(4)11-12-15(7-2)25-17-18(21)22-13-23-19(17)24(5)20(25)26;4*1-2/h6-13H,2-3H2,1,4-5H3,(H2,21,22,23);4*1-2H3/b9-6-,14-11+,15-12+,16-10+;;;;. The molecule has 35 heavy (non-hydrogen) atoms. The van der Waals surface area contributed by atoms with Crippen molar-refractivity contribution in [2.75, 3.05) is 5.73 Å². The molecule has 0 unspecified atom stereocenters. The average molecular weight is 486 g/mol. The van der Waals surface area contributed by atoms with Crippen LogP contribution in [0.3, 0.4) is 0 Å². The Bertz CT molecular complexity index is 1050. The number of rotatable bonds is 7. The highest BCUT2D eigenvalue weighted by molar-refractivity contribution is 5.86. The third-order valence-corrected chi connectivity index (χ3v) is 3.74. The molecule has 0 saturated carbocycles. The van der Waals surface area contributed by atoms with E-state index in [4.69, 9.17) is 10.5 Å². The highest BCUT2D eigenvalue weighted by Gasteiger charge is 2.16. The van der Waals surface area contributed by atoms with Gasteiger partial charge in [-0.1, -0.05) is 80.7 Å². The molecule has 2 rings (SSSR count). The number of imidazole rings is 1. The molecule has 0 atom stereocenters. The van der Waals surface area contributed by atoms with Crippen LogP contribution in [0.25, 0.3) is 16.9 Å². The predicted octanol–water partition coefficient (Wildman–Crippen LogP) is 7.41. The van der Waals surface area contributed by atoms with E-state index < -0.39 is 0 Å². The summed E-state index contributed by atoms with van der Waals surface area (Å²) in [5.74, 6) is 1.43. The second-order valence-corrected chi connectivity index (χ2v) is 5.58. The van der Waals surface area contributed by atoms with Gasteiger partial charge in [-0.3, -0.25) is 9.13 Å². The lowest BCUT2D eigenvalue weighted by atomic mass is 10.3. The van der Waals surface area contributed by atoms with Crippen molar-refractivity contribution in [3.05, 3.63) is 84.0 Å². The van der Waals surface area contributed by atoms with Gasteiger partial charge in [-0.05, 0) is 44.2 Å². The van der Waals surface area contributed by atoms with Gasteiger partial charge in [-0.15, -0.1) is 0 Å². The molecular weight excluding hydrogens is 438 g/mol. The van der Waals surface area contributed by atoms with Crippen molar-refractivity contribution < 1.29 is 4.74 Å². The summed E-state index contributed by atoms with van der Waals surface area (Å²) in [6, 6.07) is 0. The Morgan fingerprint density at radius 2 is 1.54 bits per heavy atom. The molecule has 0 aliphatic carbocycles. The van der Waals surface area contributed by atoms with E-state index in [0.717, 1.165) is 0 Å². The average Bonchev–Trinajstić information content (AvgIpc) is 3.18. The first-order valence-corrected chi connectivity index (χ1v) is 12.3. The van der Waals surface area contributed by atoms with Crippen molar-refractivity contribution in [1.29, 1.82) is 0 Å². The number of fused-ring (bicyclic) bond motifs is 1. The van der Waals surface area contributed by atoms with Crippen molar-refractivity contribution in [3.63, 3.8) is 0 Å². The number of nitrogen functional groups attached to an aromatic ring is 1. The summed E-state index contributed by atoms with van der Waals surface area (Å²) in [5.41, 5.74) is 7.07. The van der Waals surface area contributed by atoms with Gasteiger partial charge < -0.3 is 10.5 Å². The van der Waals surface area contributed by atoms with Crippen molar-refractivity contribution in [3.8, 4) is 0 Å². The van der Waals surface area contributed by atoms with Crippen LogP contribution in [0.1, 0.15) is 69.2 Å². The second-order valence-electron chi connectivity index (χ2n) is 5.58. The Labute approximate surface area is 212 Å². The number of aromatic nitrogens is 4. The van der Waals surface area contributed by atoms with Gasteiger partial charge in [0.2, 0.25) is 0 Å². The van der Waals surface area contributed by atoms with Crippen LogP contribution in [0.2, 0.25) is 0 Å². The third kappa shape index (κ3) is 10.9. The van der Waals surface area contributed by atoms with Crippen LogP contribution < -0.4 is 11.4 Å². The monoisotopic (exact) mass is 485 g/mol. The molecule has 196 valence electrons. The minimum absolute atomic E-state index is 0.214. The van der Waals surface area contributed by atoms with Gasteiger partial charge in [0.15, 0.2) is 11.5 Å². The maximum absolute atomic E-state index is 12.7. The molecular formula is C28H47N5O2. The number of aryl methyl sites for hydroxylation is 1. The number of nitrogens with two attached hydrogens (primary N) is 1. The summed E-state index contributed by atoms with van der Waals surface area (Å²) in [6.45, 7) is 27.2. The first-order chi connectivity index (χ1) is 16.9. The summed E-state index contributed by atoms with van der Waals surface area (Å²) in [5, 5.41) is 0. The van der Waals surface area contributed by atoms with Gasteiger partial charge in [0.1, 0.15) is 23.4 Å². The zero-order valence-corrected chi connectivity index (χ0v) is 23.7. The molecule has 0 aliphatic heterocycles. The molecule has 0 amide bonds. The topological polar surface area (TPSA) is 88.0 Å². The highest BCUT2D eigenvalue weighted by Crippen LogP contribution is 2.19. The molecule has 2 aromatic heterocycles. The van der Waals surface area contributed by atoms with Gasteiger partial charge in [-0.2, -0.15) is 0 Å². The van der Waals surface area contributed by atoms with Crippen LogP contribution in [0.5, 0.6) is 0 Å². The number of ether oxygens (including phenoxy) is 1. The lowest BCUT2D eigenvalue weighted by Crippen LogP contribution is -2.21. The van der Waals surface area contributed by atoms with E-state index >= 15 is 0 Å². The van der Waals surface area contributed by atoms with Crippen LogP contribution in [-0.2, 0) is 11.8 Å². The molecule has 2 heterocycles. The van der Waals surface area contributed by atoms with Crippen LogP contribution in [0.15, 0.2) is 78.3 Å². The predicted molar refractivity (Wildman–Crippen MR) is 155 cm³/mol. The molecule has 0 bridgehead atoms. The minimum Gasteiger partial charge on any atom is -0.462 e. The van der Waals surface area contributed by atoms with Crippen molar-refractivity contribution in [1.82, 2.24) is 19.1 Å². The lowest BCUT2D eigenvalue weighted by molar-refractivity contribution is 0.323. The molecule has 2 aromatic rings. The van der Waals surface area contributed by atoms with E-state index in [9.17, 15) is 4.79 Å². The van der Waals surface area contributed by atoms with E-state index in [1.54, 1.807) is 44.4 Å². The highest BCUT2D eigenvalue weighted by atomic mass is 16.5. The number of anilines is 1. The molecule has 0 aliphatic rings. The van der Waals surface area contributed by atoms with Crippen LogP contribution in [0, 0.1) is 0 Å². The molecule has 0 saturated heterocycles. The fraction of sp³-hybridized carbons (Fsp3) is 0.393. The number of hydrogen-bond acceptors (Lipinski definition) is 5. The van der Waals surface area contributed by atoms with Gasteiger partial charge in [0, 0.05) is 7.05 Å². The lowest BCUT2D eigenvalue weighted by Gasteiger charge is -2.07. The van der Waals surface area contributed by atoms with Crippen molar-refractivity contribution in [2.45, 2.75) is 69.2 Å². The normalized spacial score (nSPS) is 11.0. The zero-order chi connectivity index (χ0) is 28.0. The number of hydrogen-bond donors (Lipinski definition) is 1. The molecule has 7 nitrogen and oxygen atoms in total. The number of nitrogens with zero attached hydrogens (tertiary/aromatic N) is 4. The molecule has 0 fully saturated rings. The zero-order valence-electron chi connectivity index (χ0n) is 23.7. The summed E-state index contributed by atoms with van der Waals surface area (Å²) >= 11 is 0. The van der Waals surface area contributed by atoms with Gasteiger partial charge >= 0.3 is 5.69 Å². The Morgan fingerprint density at radius 1 is 0.971 bits per heavy atom. The van der Waals surface area contributed by atoms with Gasteiger partial charge in [0.25, 0.3) is 0 Å². The smallest absolute Gasteiger partial charge is 0.334 e. The summed E-state index contributed by atoms with van der Waals surface area (Å²) < 4.78 is 8.54. The van der Waals surface area contributed by atoms with Crippen LogP contribution >= 0.6 is 0 Å². The summed E-state index contributed by atoms with van der Waals surface area (Å²) in [4.78, 5) is 20.8. The van der Waals surface area contributed by atoms with Crippen molar-refractivity contribution >= 4 is 22.7 Å². The Morgan fingerprint density at radius 3 is 2.03 bits per heavy atom. The SMILES string of the molecule is C=C/C(=C\C=C/C)O/C(C)=C/C=C(\C=C)n1c(=O)n(C)c2ncnc(N)c21.CC.CC.CC.CC. The summed E-state index contributed by atoms with van der Waals surface area (Å²) in [6.07, 6.45) is 13.5. The van der Waals surface area contributed by atoms with Gasteiger partial charge in [-0.25, -0.2) is 14.8 Å². The summed E-state index contributed by atoms with van der Waals surface area (Å²) in [7, 11) is 1.63. The van der Waals surface area contributed by atoms with Crippen LogP contribution in [-0.4, -0.2) is 19.1 Å². The Balaban J connectivity index is -0.00000116. The van der Waals surface area contributed by atoms with Gasteiger partial charge in [0.05, 0.1) is 5.70 Å². The van der Waals surface area contributed by atoms with Crippen molar-refractivity contribution in [2.24, 2.45) is 7.05 Å². The minimum atomic E-state index is -0.296.